The molecule has 0 radical (unpaired) electrons. The van der Waals surface area contributed by atoms with Crippen LogP contribution in [0.4, 0.5) is 0 Å². The number of carbonyl (C=O) groups is 2. The highest BCUT2D eigenvalue weighted by Gasteiger charge is 2.30. The number of rotatable bonds is 9. The highest BCUT2D eigenvalue weighted by Crippen LogP contribution is 2.24. The zero-order valence-electron chi connectivity index (χ0n) is 11.6. The van der Waals surface area contributed by atoms with E-state index >= 15 is 0 Å². The highest BCUT2D eigenvalue weighted by molar-refractivity contribution is 6.07. The number of H-pyrrole nitrogens is 1. The summed E-state index contributed by atoms with van der Waals surface area (Å²) in [5.41, 5.74) is 0.206. The van der Waals surface area contributed by atoms with Crippen LogP contribution in [0.1, 0.15) is 56.4 Å². The third kappa shape index (κ3) is 4.50. The fourth-order valence-corrected chi connectivity index (χ4v) is 2.21. The lowest BCUT2D eigenvalue weighted by atomic mass is 9.86. The summed E-state index contributed by atoms with van der Waals surface area (Å²) >= 11 is 0. The second-order valence-corrected chi connectivity index (χ2v) is 4.87. The van der Waals surface area contributed by atoms with Gasteiger partial charge in [0.05, 0.1) is 0 Å². The molecule has 2 atom stereocenters. The number of aromatic nitrogens is 2. The Morgan fingerprint density at radius 1 is 1.42 bits per heavy atom. The first kappa shape index (κ1) is 15.4. The SMILES string of the molecule is CCCCC(CC)CC(C(=O)O)C(=O)c1cc[nH]n1. The summed E-state index contributed by atoms with van der Waals surface area (Å²) in [5, 5.41) is 15.6. The number of carboxylic acid groups (broad SMARTS) is 1. The highest BCUT2D eigenvalue weighted by atomic mass is 16.4. The molecule has 0 bridgehead atoms. The van der Waals surface area contributed by atoms with Gasteiger partial charge in [0, 0.05) is 6.20 Å². The molecule has 0 fully saturated rings. The predicted molar refractivity (Wildman–Crippen MR) is 72.0 cm³/mol. The van der Waals surface area contributed by atoms with Gasteiger partial charge in [0.15, 0.2) is 5.78 Å². The molecule has 0 aliphatic rings. The van der Waals surface area contributed by atoms with E-state index in [1.807, 2.05) is 6.92 Å². The first-order valence-corrected chi connectivity index (χ1v) is 6.86. The smallest absolute Gasteiger partial charge is 0.314 e. The molecule has 0 saturated heterocycles. The van der Waals surface area contributed by atoms with Crippen LogP contribution < -0.4 is 0 Å². The largest absolute Gasteiger partial charge is 0.481 e. The number of hydrogen-bond donors (Lipinski definition) is 2. The summed E-state index contributed by atoms with van der Waals surface area (Å²) in [6.07, 6.45) is 5.96. The van der Waals surface area contributed by atoms with Gasteiger partial charge < -0.3 is 5.11 Å². The summed E-state index contributed by atoms with van der Waals surface area (Å²) in [6, 6.07) is 1.52. The Morgan fingerprint density at radius 2 is 2.16 bits per heavy atom. The van der Waals surface area contributed by atoms with Gasteiger partial charge in [-0.1, -0.05) is 39.5 Å². The van der Waals surface area contributed by atoms with Crippen LogP contribution in [0.25, 0.3) is 0 Å². The Kier molecular flexibility index (Phi) is 6.25. The van der Waals surface area contributed by atoms with Crippen LogP contribution in [0.5, 0.6) is 0 Å². The van der Waals surface area contributed by atoms with Crippen molar-refractivity contribution in [3.63, 3.8) is 0 Å². The van der Waals surface area contributed by atoms with Crippen LogP contribution in [-0.4, -0.2) is 27.1 Å². The van der Waals surface area contributed by atoms with Gasteiger partial charge in [-0.05, 0) is 18.4 Å². The summed E-state index contributed by atoms with van der Waals surface area (Å²) in [4.78, 5) is 23.4. The summed E-state index contributed by atoms with van der Waals surface area (Å²) < 4.78 is 0. The minimum absolute atomic E-state index is 0.206. The summed E-state index contributed by atoms with van der Waals surface area (Å²) in [6.45, 7) is 4.15. The molecule has 1 aromatic rings. The lowest BCUT2D eigenvalue weighted by molar-refractivity contribution is -0.140. The first-order chi connectivity index (χ1) is 9.10. The second-order valence-electron chi connectivity index (χ2n) is 4.87. The van der Waals surface area contributed by atoms with E-state index in [-0.39, 0.29) is 11.6 Å². The van der Waals surface area contributed by atoms with Crippen molar-refractivity contribution in [1.82, 2.24) is 10.2 Å². The van der Waals surface area contributed by atoms with Crippen molar-refractivity contribution in [1.29, 1.82) is 0 Å². The molecule has 0 aliphatic heterocycles. The standard InChI is InChI=1S/C14H22N2O3/c1-3-5-6-10(4-2)9-11(14(18)19)13(17)12-7-8-15-16-12/h7-8,10-11H,3-6,9H2,1-2H3,(H,15,16)(H,18,19). The molecule has 19 heavy (non-hydrogen) atoms. The van der Waals surface area contributed by atoms with E-state index in [2.05, 4.69) is 17.1 Å². The fourth-order valence-electron chi connectivity index (χ4n) is 2.21. The Labute approximate surface area is 113 Å². The van der Waals surface area contributed by atoms with Crippen molar-refractivity contribution in [3.05, 3.63) is 18.0 Å². The van der Waals surface area contributed by atoms with E-state index < -0.39 is 17.7 Å². The molecule has 1 rings (SSSR count). The number of Topliss-reactive ketones (excluding diaryl/α,β-unsaturated/α-hetero) is 1. The molecule has 0 spiro atoms. The number of nitrogens with zero attached hydrogens (tertiary/aromatic N) is 1. The van der Waals surface area contributed by atoms with E-state index in [0.29, 0.717) is 6.42 Å². The maximum atomic E-state index is 12.1. The zero-order valence-corrected chi connectivity index (χ0v) is 11.6. The van der Waals surface area contributed by atoms with E-state index in [1.165, 1.54) is 12.3 Å². The van der Waals surface area contributed by atoms with E-state index in [4.69, 9.17) is 0 Å². The number of carbonyl (C=O) groups excluding carboxylic acids is 1. The Balaban J connectivity index is 2.72. The first-order valence-electron chi connectivity index (χ1n) is 6.86. The number of hydrogen-bond acceptors (Lipinski definition) is 3. The third-order valence-electron chi connectivity index (χ3n) is 3.48. The van der Waals surface area contributed by atoms with Crippen LogP contribution >= 0.6 is 0 Å². The van der Waals surface area contributed by atoms with E-state index in [1.54, 1.807) is 0 Å². The van der Waals surface area contributed by atoms with Gasteiger partial charge in [0.2, 0.25) is 0 Å². The minimum atomic E-state index is -1.05. The number of unbranched alkanes of at least 4 members (excludes halogenated alkanes) is 1. The van der Waals surface area contributed by atoms with Crippen molar-refractivity contribution in [3.8, 4) is 0 Å². The van der Waals surface area contributed by atoms with Gasteiger partial charge in [-0.2, -0.15) is 5.10 Å². The maximum absolute atomic E-state index is 12.1. The average molecular weight is 266 g/mol. The van der Waals surface area contributed by atoms with Crippen LogP contribution in [0.3, 0.4) is 0 Å². The monoisotopic (exact) mass is 266 g/mol. The lowest BCUT2D eigenvalue weighted by Gasteiger charge is -2.18. The molecule has 0 aromatic carbocycles. The number of carboxylic acids is 1. The molecule has 2 unspecified atom stereocenters. The number of ketones is 1. The van der Waals surface area contributed by atoms with Crippen LogP contribution in [0.2, 0.25) is 0 Å². The quantitative estimate of drug-likeness (QED) is 0.531. The van der Waals surface area contributed by atoms with Gasteiger partial charge in [0.1, 0.15) is 11.6 Å². The van der Waals surface area contributed by atoms with Crippen molar-refractivity contribution in [2.24, 2.45) is 11.8 Å². The number of aromatic amines is 1. The lowest BCUT2D eigenvalue weighted by Crippen LogP contribution is -2.27. The van der Waals surface area contributed by atoms with Gasteiger partial charge >= 0.3 is 5.97 Å². The average Bonchev–Trinajstić information content (AvgIpc) is 2.92. The molecule has 5 nitrogen and oxygen atoms in total. The van der Waals surface area contributed by atoms with E-state index in [9.17, 15) is 14.7 Å². The second kappa shape index (κ2) is 7.71. The molecule has 0 aliphatic carbocycles. The molecule has 1 aromatic heterocycles. The Morgan fingerprint density at radius 3 is 2.63 bits per heavy atom. The Bertz CT molecular complexity index is 401. The summed E-state index contributed by atoms with van der Waals surface area (Å²) in [5.74, 6) is -2.15. The number of nitrogens with one attached hydrogen (secondary N) is 1. The van der Waals surface area contributed by atoms with Crippen molar-refractivity contribution in [2.45, 2.75) is 46.0 Å². The zero-order chi connectivity index (χ0) is 14.3. The van der Waals surface area contributed by atoms with Crippen molar-refractivity contribution < 1.29 is 14.7 Å². The fraction of sp³-hybridized carbons (Fsp3) is 0.643. The molecule has 106 valence electrons. The van der Waals surface area contributed by atoms with Crippen molar-refractivity contribution in [2.75, 3.05) is 0 Å². The molecule has 0 saturated carbocycles. The van der Waals surface area contributed by atoms with Gasteiger partial charge in [-0.25, -0.2) is 0 Å². The maximum Gasteiger partial charge on any atom is 0.314 e. The summed E-state index contributed by atoms with van der Waals surface area (Å²) in [7, 11) is 0. The van der Waals surface area contributed by atoms with Crippen molar-refractivity contribution >= 4 is 11.8 Å². The Hall–Kier alpha value is -1.65. The topological polar surface area (TPSA) is 83.0 Å². The molecule has 5 heteroatoms. The van der Waals surface area contributed by atoms with Gasteiger partial charge in [0.25, 0.3) is 0 Å². The molecule has 0 amide bonds. The number of aliphatic carboxylic acids is 1. The third-order valence-corrected chi connectivity index (χ3v) is 3.48. The van der Waals surface area contributed by atoms with Crippen LogP contribution in [-0.2, 0) is 4.79 Å². The minimum Gasteiger partial charge on any atom is -0.481 e. The normalized spacial score (nSPS) is 14.0. The predicted octanol–water partition coefficient (Wildman–Crippen LogP) is 2.90. The van der Waals surface area contributed by atoms with Crippen LogP contribution in [0, 0.1) is 11.8 Å². The molecule has 2 N–H and O–H groups in total. The van der Waals surface area contributed by atoms with Gasteiger partial charge in [-0.15, -0.1) is 0 Å². The molecular weight excluding hydrogens is 244 g/mol. The van der Waals surface area contributed by atoms with Crippen LogP contribution in [0.15, 0.2) is 12.3 Å². The van der Waals surface area contributed by atoms with E-state index in [0.717, 1.165) is 25.7 Å². The molecule has 1 heterocycles. The van der Waals surface area contributed by atoms with Gasteiger partial charge in [-0.3, -0.25) is 14.7 Å². The molecular formula is C14H22N2O3.